The highest BCUT2D eigenvalue weighted by Crippen LogP contribution is 2.23. The van der Waals surface area contributed by atoms with Gasteiger partial charge in [-0.2, -0.15) is 0 Å². The first kappa shape index (κ1) is 17.1. The summed E-state index contributed by atoms with van der Waals surface area (Å²) in [5, 5.41) is 2.71. The Kier molecular flexibility index (Phi) is 4.78. The number of rotatable bonds is 4. The Bertz CT molecular complexity index is 955. The van der Waals surface area contributed by atoms with E-state index in [-0.39, 0.29) is 11.6 Å². The molecule has 0 atom stereocenters. The van der Waals surface area contributed by atoms with E-state index in [0.717, 1.165) is 37.3 Å². The molecule has 6 heteroatoms. The third kappa shape index (κ3) is 3.95. The van der Waals surface area contributed by atoms with E-state index >= 15 is 0 Å². The average molecular weight is 362 g/mol. The van der Waals surface area contributed by atoms with Crippen LogP contribution in [0.2, 0.25) is 0 Å². The highest BCUT2D eigenvalue weighted by molar-refractivity contribution is 6.03. The number of halogens is 1. The second-order valence-electron chi connectivity index (χ2n) is 6.46. The largest absolute Gasteiger partial charge is 0.356 e. The monoisotopic (exact) mass is 362 g/mol. The lowest BCUT2D eigenvalue weighted by molar-refractivity contribution is 0.102. The predicted molar refractivity (Wildman–Crippen MR) is 103 cm³/mol. The molecule has 1 fully saturated rings. The number of carbonyl (C=O) groups is 1. The van der Waals surface area contributed by atoms with Crippen molar-refractivity contribution in [2.75, 3.05) is 23.3 Å². The number of anilines is 2. The number of carbonyl (C=O) groups excluding carboxylic acids is 1. The third-order valence-corrected chi connectivity index (χ3v) is 4.49. The van der Waals surface area contributed by atoms with Gasteiger partial charge in [0.1, 0.15) is 17.3 Å². The van der Waals surface area contributed by atoms with Gasteiger partial charge in [-0.3, -0.25) is 4.79 Å². The maximum Gasteiger partial charge on any atom is 0.274 e. The summed E-state index contributed by atoms with van der Waals surface area (Å²) in [6.45, 7) is 1.83. The zero-order chi connectivity index (χ0) is 18.6. The van der Waals surface area contributed by atoms with E-state index in [1.807, 2.05) is 30.3 Å². The van der Waals surface area contributed by atoms with E-state index in [2.05, 4.69) is 20.2 Å². The first-order valence-electron chi connectivity index (χ1n) is 8.95. The number of hydrogen-bond donors (Lipinski definition) is 1. The van der Waals surface area contributed by atoms with Gasteiger partial charge in [0.2, 0.25) is 0 Å². The highest BCUT2D eigenvalue weighted by Gasteiger charge is 2.19. The van der Waals surface area contributed by atoms with Gasteiger partial charge in [-0.15, -0.1) is 0 Å². The molecule has 4 rings (SSSR count). The zero-order valence-electron chi connectivity index (χ0n) is 14.7. The molecule has 0 unspecified atom stereocenters. The summed E-state index contributed by atoms with van der Waals surface area (Å²) < 4.78 is 13.4. The van der Waals surface area contributed by atoms with Crippen molar-refractivity contribution in [1.82, 2.24) is 9.97 Å². The molecule has 0 aliphatic carbocycles. The van der Waals surface area contributed by atoms with Gasteiger partial charge in [-0.1, -0.05) is 36.4 Å². The van der Waals surface area contributed by atoms with Crippen molar-refractivity contribution in [1.29, 1.82) is 0 Å². The van der Waals surface area contributed by atoms with Crippen LogP contribution < -0.4 is 10.2 Å². The van der Waals surface area contributed by atoms with Gasteiger partial charge in [0.15, 0.2) is 5.82 Å². The van der Waals surface area contributed by atoms with Gasteiger partial charge in [-0.25, -0.2) is 14.4 Å². The van der Waals surface area contributed by atoms with Crippen LogP contribution in [0.4, 0.5) is 15.9 Å². The third-order valence-electron chi connectivity index (χ3n) is 4.49. The van der Waals surface area contributed by atoms with Gasteiger partial charge in [-0.05, 0) is 31.0 Å². The van der Waals surface area contributed by atoms with Crippen molar-refractivity contribution >= 4 is 17.4 Å². The van der Waals surface area contributed by atoms with Gasteiger partial charge in [0.05, 0.1) is 0 Å². The van der Waals surface area contributed by atoms with Crippen LogP contribution in [0, 0.1) is 5.82 Å². The second-order valence-corrected chi connectivity index (χ2v) is 6.46. The molecular weight excluding hydrogens is 343 g/mol. The summed E-state index contributed by atoms with van der Waals surface area (Å²) in [4.78, 5) is 24.0. The molecule has 0 bridgehead atoms. The number of aromatic nitrogens is 2. The molecule has 1 aromatic heterocycles. The second kappa shape index (κ2) is 7.53. The minimum atomic E-state index is -0.404. The summed E-state index contributed by atoms with van der Waals surface area (Å²) in [5.41, 5.74) is 1.50. The van der Waals surface area contributed by atoms with E-state index in [1.54, 1.807) is 18.2 Å². The Morgan fingerprint density at radius 3 is 2.48 bits per heavy atom. The summed E-state index contributed by atoms with van der Waals surface area (Å²) in [6.07, 6.45) is 2.21. The lowest BCUT2D eigenvalue weighted by atomic mass is 10.2. The Morgan fingerprint density at radius 2 is 1.74 bits per heavy atom. The first-order valence-corrected chi connectivity index (χ1v) is 8.95. The Labute approximate surface area is 156 Å². The minimum absolute atomic E-state index is 0.259. The normalized spacial score (nSPS) is 13.6. The Morgan fingerprint density at radius 1 is 0.963 bits per heavy atom. The van der Waals surface area contributed by atoms with Crippen LogP contribution in [0.1, 0.15) is 23.3 Å². The van der Waals surface area contributed by atoms with Gasteiger partial charge >= 0.3 is 0 Å². The number of nitrogens with zero attached hydrogens (tertiary/aromatic N) is 3. The molecule has 1 amide bonds. The van der Waals surface area contributed by atoms with E-state index in [9.17, 15) is 9.18 Å². The molecule has 1 N–H and O–H groups in total. The molecule has 1 aliphatic heterocycles. The van der Waals surface area contributed by atoms with Crippen LogP contribution in [0.15, 0.2) is 60.7 Å². The number of amides is 1. The van der Waals surface area contributed by atoms with Crippen molar-refractivity contribution in [3.63, 3.8) is 0 Å². The molecule has 1 saturated heterocycles. The summed E-state index contributed by atoms with van der Waals surface area (Å²) in [7, 11) is 0. The molecule has 136 valence electrons. The quantitative estimate of drug-likeness (QED) is 0.758. The number of benzene rings is 2. The van der Waals surface area contributed by atoms with E-state index in [1.165, 1.54) is 12.1 Å². The lowest BCUT2D eigenvalue weighted by Gasteiger charge is -2.18. The molecule has 2 heterocycles. The van der Waals surface area contributed by atoms with Crippen LogP contribution in [-0.2, 0) is 0 Å². The molecule has 27 heavy (non-hydrogen) atoms. The molecule has 0 saturated carbocycles. The summed E-state index contributed by atoms with van der Waals surface area (Å²) >= 11 is 0. The SMILES string of the molecule is O=C(Nc1cccc(F)c1)c1cc(N2CCCC2)nc(-c2ccccc2)n1. The maximum absolute atomic E-state index is 13.4. The van der Waals surface area contributed by atoms with Crippen molar-refractivity contribution in [3.05, 3.63) is 72.2 Å². The van der Waals surface area contributed by atoms with Gasteiger partial charge in [0.25, 0.3) is 5.91 Å². The van der Waals surface area contributed by atoms with Crippen molar-refractivity contribution in [3.8, 4) is 11.4 Å². The topological polar surface area (TPSA) is 58.1 Å². The molecule has 1 aliphatic rings. The number of nitrogens with one attached hydrogen (secondary N) is 1. The molecule has 3 aromatic rings. The number of hydrogen-bond acceptors (Lipinski definition) is 4. The van der Waals surface area contributed by atoms with Crippen molar-refractivity contribution in [2.24, 2.45) is 0 Å². The van der Waals surface area contributed by atoms with E-state index in [0.29, 0.717) is 11.5 Å². The standard InChI is InChI=1S/C21H19FN4O/c22-16-9-6-10-17(13-16)23-21(27)18-14-19(26-11-4-5-12-26)25-20(24-18)15-7-2-1-3-8-15/h1-3,6-10,13-14H,4-5,11-12H2,(H,23,27). The minimum Gasteiger partial charge on any atom is -0.356 e. The predicted octanol–water partition coefficient (Wildman–Crippen LogP) is 4.14. The molecule has 0 radical (unpaired) electrons. The van der Waals surface area contributed by atoms with E-state index < -0.39 is 5.82 Å². The first-order chi connectivity index (χ1) is 13.2. The summed E-state index contributed by atoms with van der Waals surface area (Å²) in [5.74, 6) is 0.453. The lowest BCUT2D eigenvalue weighted by Crippen LogP contribution is -2.22. The van der Waals surface area contributed by atoms with Crippen molar-refractivity contribution in [2.45, 2.75) is 12.8 Å². The molecule has 5 nitrogen and oxygen atoms in total. The van der Waals surface area contributed by atoms with Crippen LogP contribution in [0.25, 0.3) is 11.4 Å². The van der Waals surface area contributed by atoms with E-state index in [4.69, 9.17) is 0 Å². The highest BCUT2D eigenvalue weighted by atomic mass is 19.1. The Balaban J connectivity index is 1.70. The van der Waals surface area contributed by atoms with Crippen LogP contribution in [-0.4, -0.2) is 29.0 Å². The average Bonchev–Trinajstić information content (AvgIpc) is 3.23. The molecule has 0 spiro atoms. The van der Waals surface area contributed by atoms with Gasteiger partial charge < -0.3 is 10.2 Å². The van der Waals surface area contributed by atoms with Crippen LogP contribution in [0.3, 0.4) is 0 Å². The fourth-order valence-electron chi connectivity index (χ4n) is 3.14. The molecule has 2 aromatic carbocycles. The molecular formula is C21H19FN4O. The van der Waals surface area contributed by atoms with Gasteiger partial charge in [0, 0.05) is 30.4 Å². The zero-order valence-corrected chi connectivity index (χ0v) is 14.7. The van der Waals surface area contributed by atoms with Crippen LogP contribution in [0.5, 0.6) is 0 Å². The Hall–Kier alpha value is -3.28. The fourth-order valence-corrected chi connectivity index (χ4v) is 3.14. The summed E-state index contributed by atoms with van der Waals surface area (Å²) in [6, 6.07) is 17.1. The van der Waals surface area contributed by atoms with Crippen LogP contribution >= 0.6 is 0 Å². The smallest absolute Gasteiger partial charge is 0.274 e. The van der Waals surface area contributed by atoms with Crippen molar-refractivity contribution < 1.29 is 9.18 Å². The fraction of sp³-hybridized carbons (Fsp3) is 0.190. The maximum atomic E-state index is 13.4.